The smallest absolute Gasteiger partial charge is 0.262 e. The van der Waals surface area contributed by atoms with Gasteiger partial charge in [-0.25, -0.2) is 4.98 Å². The lowest BCUT2D eigenvalue weighted by molar-refractivity contribution is 0.00615. The number of benzene rings is 1. The molecular formula is C16H19ClN2O2. The van der Waals surface area contributed by atoms with Crippen molar-refractivity contribution in [3.8, 4) is 0 Å². The van der Waals surface area contributed by atoms with Crippen molar-refractivity contribution in [1.82, 2.24) is 9.55 Å². The van der Waals surface area contributed by atoms with E-state index in [0.29, 0.717) is 23.3 Å². The minimum atomic E-state index is -0.384. The van der Waals surface area contributed by atoms with Gasteiger partial charge in [0.05, 0.1) is 28.4 Å². The van der Waals surface area contributed by atoms with Crippen LogP contribution >= 0.6 is 11.6 Å². The number of fused-ring (bicyclic) bond motifs is 1. The maximum absolute atomic E-state index is 13.0. The third-order valence-corrected chi connectivity index (χ3v) is 4.31. The Kier molecular flexibility index (Phi) is 3.76. The van der Waals surface area contributed by atoms with Crippen LogP contribution in [0.4, 0.5) is 0 Å². The predicted molar refractivity (Wildman–Crippen MR) is 84.0 cm³/mol. The summed E-state index contributed by atoms with van der Waals surface area (Å²) >= 11 is 6.30. The molecule has 1 saturated heterocycles. The molecule has 0 spiro atoms. The van der Waals surface area contributed by atoms with E-state index in [-0.39, 0.29) is 16.5 Å². The zero-order chi connectivity index (χ0) is 15.0. The summed E-state index contributed by atoms with van der Waals surface area (Å²) in [7, 11) is 0. The van der Waals surface area contributed by atoms with Gasteiger partial charge in [0.2, 0.25) is 0 Å². The van der Waals surface area contributed by atoms with Gasteiger partial charge in [0.15, 0.2) is 0 Å². The predicted octanol–water partition coefficient (Wildman–Crippen LogP) is 3.22. The second-order valence-corrected chi connectivity index (χ2v) is 6.55. The number of para-hydroxylation sites is 1. The summed E-state index contributed by atoms with van der Waals surface area (Å²) in [6.45, 7) is 5.16. The molecule has 4 nitrogen and oxygen atoms in total. The van der Waals surface area contributed by atoms with E-state index in [1.807, 2.05) is 38.1 Å². The number of aromatic nitrogens is 2. The first kappa shape index (κ1) is 14.5. The van der Waals surface area contributed by atoms with E-state index in [4.69, 9.17) is 16.3 Å². The zero-order valence-electron chi connectivity index (χ0n) is 12.3. The molecule has 1 aliphatic rings. The molecule has 2 atom stereocenters. The highest BCUT2D eigenvalue weighted by atomic mass is 35.5. The Morgan fingerprint density at radius 2 is 2.19 bits per heavy atom. The molecular weight excluding hydrogens is 288 g/mol. The minimum Gasteiger partial charge on any atom is -0.379 e. The van der Waals surface area contributed by atoms with Crippen molar-refractivity contribution < 1.29 is 4.74 Å². The van der Waals surface area contributed by atoms with Gasteiger partial charge in [0.25, 0.3) is 5.56 Å². The molecule has 21 heavy (non-hydrogen) atoms. The van der Waals surface area contributed by atoms with Crippen molar-refractivity contribution >= 4 is 22.5 Å². The third-order valence-electron chi connectivity index (χ3n) is 4.11. The Morgan fingerprint density at radius 1 is 1.43 bits per heavy atom. The van der Waals surface area contributed by atoms with Crippen LogP contribution in [0.2, 0.25) is 0 Å². The average molecular weight is 307 g/mol. The van der Waals surface area contributed by atoms with E-state index in [9.17, 15) is 4.79 Å². The molecule has 1 aromatic heterocycles. The molecule has 5 heteroatoms. The Bertz CT molecular complexity index is 718. The van der Waals surface area contributed by atoms with Crippen LogP contribution in [0, 0.1) is 0 Å². The third kappa shape index (κ3) is 2.47. The fourth-order valence-corrected chi connectivity index (χ4v) is 3.18. The van der Waals surface area contributed by atoms with Crippen LogP contribution in [0.25, 0.3) is 10.9 Å². The van der Waals surface area contributed by atoms with Crippen molar-refractivity contribution in [2.75, 3.05) is 13.2 Å². The van der Waals surface area contributed by atoms with Gasteiger partial charge in [0.1, 0.15) is 5.82 Å². The number of ether oxygens (including phenoxy) is 1. The Morgan fingerprint density at radius 3 is 2.86 bits per heavy atom. The lowest BCUT2D eigenvalue weighted by Gasteiger charge is -2.37. The maximum Gasteiger partial charge on any atom is 0.262 e. The molecule has 1 aliphatic heterocycles. The van der Waals surface area contributed by atoms with Gasteiger partial charge in [-0.15, -0.1) is 11.6 Å². The second-order valence-electron chi connectivity index (χ2n) is 5.90. The second kappa shape index (κ2) is 5.43. The first-order valence-electron chi connectivity index (χ1n) is 7.27. The highest BCUT2D eigenvalue weighted by molar-refractivity contribution is 6.20. The number of hydrogen-bond donors (Lipinski definition) is 0. The Labute approximate surface area is 128 Å². The van der Waals surface area contributed by atoms with Crippen LogP contribution in [-0.4, -0.2) is 22.8 Å². The molecule has 0 bridgehead atoms. The number of hydrogen-bond acceptors (Lipinski definition) is 3. The van der Waals surface area contributed by atoms with E-state index < -0.39 is 0 Å². The highest BCUT2D eigenvalue weighted by Gasteiger charge is 2.34. The molecule has 3 rings (SSSR count). The van der Waals surface area contributed by atoms with Gasteiger partial charge in [-0.2, -0.15) is 0 Å². The van der Waals surface area contributed by atoms with Crippen molar-refractivity contribution in [2.24, 2.45) is 0 Å². The van der Waals surface area contributed by atoms with Crippen LogP contribution in [0.3, 0.4) is 0 Å². The first-order valence-corrected chi connectivity index (χ1v) is 7.70. The van der Waals surface area contributed by atoms with Gasteiger partial charge in [-0.05, 0) is 38.8 Å². The summed E-state index contributed by atoms with van der Waals surface area (Å²) in [6, 6.07) is 7.41. The molecule has 0 N–H and O–H groups in total. The molecule has 1 fully saturated rings. The number of rotatable bonds is 2. The quantitative estimate of drug-likeness (QED) is 0.800. The van der Waals surface area contributed by atoms with Gasteiger partial charge < -0.3 is 4.74 Å². The standard InChI is InChI=1S/C16H19ClN2O2/c1-11(17)14-18-13-7-4-3-6-12(13)15(20)19(14)16(2)8-5-9-21-10-16/h3-4,6-7,11H,5,8-10H2,1-2H3. The van der Waals surface area contributed by atoms with E-state index in [1.165, 1.54) is 0 Å². The molecule has 2 aromatic rings. The molecule has 0 saturated carbocycles. The maximum atomic E-state index is 13.0. The lowest BCUT2D eigenvalue weighted by atomic mass is 9.93. The molecule has 0 amide bonds. The summed E-state index contributed by atoms with van der Waals surface area (Å²) < 4.78 is 7.37. The van der Waals surface area contributed by atoms with Gasteiger partial charge in [-0.1, -0.05) is 12.1 Å². The van der Waals surface area contributed by atoms with Crippen molar-refractivity contribution in [3.63, 3.8) is 0 Å². The lowest BCUT2D eigenvalue weighted by Crippen LogP contribution is -2.47. The summed E-state index contributed by atoms with van der Waals surface area (Å²) in [5.41, 5.74) is 0.280. The van der Waals surface area contributed by atoms with Crippen molar-refractivity contribution in [1.29, 1.82) is 0 Å². The summed E-state index contributed by atoms with van der Waals surface area (Å²) in [4.78, 5) is 17.6. The van der Waals surface area contributed by atoms with E-state index in [1.54, 1.807) is 4.57 Å². The Balaban J connectivity index is 2.31. The first-order chi connectivity index (χ1) is 10.0. The normalized spacial score (nSPS) is 24.1. The molecule has 112 valence electrons. The fraction of sp³-hybridized carbons (Fsp3) is 0.500. The van der Waals surface area contributed by atoms with Crippen LogP contribution < -0.4 is 5.56 Å². The molecule has 2 unspecified atom stereocenters. The van der Waals surface area contributed by atoms with E-state index >= 15 is 0 Å². The fourth-order valence-electron chi connectivity index (χ4n) is 3.03. The summed E-state index contributed by atoms with van der Waals surface area (Å²) in [5.74, 6) is 0.619. The highest BCUT2D eigenvalue weighted by Crippen LogP contribution is 2.30. The van der Waals surface area contributed by atoms with E-state index in [0.717, 1.165) is 19.4 Å². The summed E-state index contributed by atoms with van der Waals surface area (Å²) in [6.07, 6.45) is 1.83. The van der Waals surface area contributed by atoms with Crippen LogP contribution in [0.15, 0.2) is 29.1 Å². The number of nitrogens with zero attached hydrogens (tertiary/aromatic N) is 2. The molecule has 1 aromatic carbocycles. The van der Waals surface area contributed by atoms with Crippen LogP contribution in [0.5, 0.6) is 0 Å². The number of alkyl halides is 1. The zero-order valence-corrected chi connectivity index (χ0v) is 13.1. The van der Waals surface area contributed by atoms with Gasteiger partial charge in [0, 0.05) is 6.61 Å². The van der Waals surface area contributed by atoms with E-state index in [2.05, 4.69) is 4.98 Å². The van der Waals surface area contributed by atoms with Crippen molar-refractivity contribution in [3.05, 3.63) is 40.4 Å². The molecule has 0 aliphatic carbocycles. The molecule has 0 radical (unpaired) electrons. The Hall–Kier alpha value is -1.39. The SMILES string of the molecule is CC(Cl)c1nc2ccccc2c(=O)n1C1(C)CCCOC1. The summed E-state index contributed by atoms with van der Waals surface area (Å²) in [5, 5.41) is 0.298. The topological polar surface area (TPSA) is 44.1 Å². The van der Waals surface area contributed by atoms with Crippen LogP contribution in [0.1, 0.15) is 37.9 Å². The monoisotopic (exact) mass is 306 g/mol. The van der Waals surface area contributed by atoms with Gasteiger partial charge >= 0.3 is 0 Å². The average Bonchev–Trinajstić information content (AvgIpc) is 2.47. The number of halogens is 1. The minimum absolute atomic E-state index is 0.0314. The largest absolute Gasteiger partial charge is 0.379 e. The van der Waals surface area contributed by atoms with Gasteiger partial charge in [-0.3, -0.25) is 9.36 Å². The van der Waals surface area contributed by atoms with Crippen LogP contribution in [-0.2, 0) is 10.3 Å². The molecule has 2 heterocycles. The van der Waals surface area contributed by atoms with Crippen molar-refractivity contribution in [2.45, 2.75) is 37.6 Å².